The van der Waals surface area contributed by atoms with Crippen molar-refractivity contribution in [1.82, 2.24) is 9.97 Å². The number of hydrogen-bond donors (Lipinski definition) is 0. The van der Waals surface area contributed by atoms with Crippen LogP contribution in [0.25, 0.3) is 10.3 Å². The summed E-state index contributed by atoms with van der Waals surface area (Å²) in [4.78, 5) is 20.3. The summed E-state index contributed by atoms with van der Waals surface area (Å²) in [5.74, 6) is -0.324. The molecule has 0 aliphatic carbocycles. The second kappa shape index (κ2) is 5.91. The predicted molar refractivity (Wildman–Crippen MR) is 72.0 cm³/mol. The van der Waals surface area contributed by atoms with Crippen molar-refractivity contribution in [3.8, 4) is 0 Å². The molecule has 0 atom stereocenters. The highest BCUT2D eigenvalue weighted by molar-refractivity contribution is 7.18. The molecule has 0 radical (unpaired) electrons. The minimum absolute atomic E-state index is 0.324. The minimum Gasteiger partial charge on any atom is -0.462 e. The number of rotatable bonds is 5. The lowest BCUT2D eigenvalue weighted by atomic mass is 10.3. The van der Waals surface area contributed by atoms with E-state index in [1.807, 2.05) is 6.07 Å². The molecule has 0 aliphatic rings. The van der Waals surface area contributed by atoms with E-state index < -0.39 is 0 Å². The van der Waals surface area contributed by atoms with E-state index in [0.29, 0.717) is 12.2 Å². The van der Waals surface area contributed by atoms with Crippen LogP contribution in [0.2, 0.25) is 0 Å². The van der Waals surface area contributed by atoms with E-state index in [4.69, 9.17) is 4.74 Å². The number of nitrogens with zero attached hydrogens (tertiary/aromatic N) is 2. The van der Waals surface area contributed by atoms with Crippen molar-refractivity contribution in [1.29, 1.82) is 0 Å². The van der Waals surface area contributed by atoms with E-state index in [9.17, 15) is 4.79 Å². The first kappa shape index (κ1) is 13.0. The normalized spacial score (nSPS) is 10.8. The quantitative estimate of drug-likeness (QED) is 0.778. The van der Waals surface area contributed by atoms with E-state index in [2.05, 4.69) is 16.9 Å². The molecule has 0 aromatic carbocycles. The van der Waals surface area contributed by atoms with Gasteiger partial charge >= 0.3 is 5.97 Å². The molecule has 0 N–H and O–H groups in total. The van der Waals surface area contributed by atoms with Crippen LogP contribution in [0.1, 0.15) is 42.1 Å². The Labute approximate surface area is 110 Å². The number of thiazole rings is 1. The highest BCUT2D eigenvalue weighted by Gasteiger charge is 2.11. The van der Waals surface area contributed by atoms with Crippen LogP contribution < -0.4 is 0 Å². The zero-order valence-electron chi connectivity index (χ0n) is 10.6. The first-order chi connectivity index (χ1) is 8.74. The molecule has 4 nitrogen and oxygen atoms in total. The molecule has 18 heavy (non-hydrogen) atoms. The van der Waals surface area contributed by atoms with E-state index >= 15 is 0 Å². The third kappa shape index (κ3) is 2.85. The summed E-state index contributed by atoms with van der Waals surface area (Å²) >= 11 is 1.61. The summed E-state index contributed by atoms with van der Waals surface area (Å²) < 4.78 is 5.90. The van der Waals surface area contributed by atoms with Crippen LogP contribution in [-0.2, 0) is 11.2 Å². The molecular weight excluding hydrogens is 248 g/mol. The Balaban J connectivity index is 2.25. The molecule has 0 fully saturated rings. The summed E-state index contributed by atoms with van der Waals surface area (Å²) in [6.45, 7) is 4.32. The molecule has 2 heterocycles. The lowest BCUT2D eigenvalue weighted by molar-refractivity contribution is 0.0526. The topological polar surface area (TPSA) is 52.1 Å². The Bertz CT molecular complexity index is 551. The van der Waals surface area contributed by atoms with Crippen molar-refractivity contribution in [2.24, 2.45) is 0 Å². The van der Waals surface area contributed by atoms with Crippen molar-refractivity contribution in [2.45, 2.75) is 33.1 Å². The van der Waals surface area contributed by atoms with Crippen LogP contribution in [0.15, 0.2) is 12.3 Å². The molecule has 5 heteroatoms. The maximum atomic E-state index is 11.6. The fraction of sp³-hybridized carbons (Fsp3) is 0.462. The average molecular weight is 264 g/mol. The third-order valence-corrected chi connectivity index (χ3v) is 3.60. The fourth-order valence-corrected chi connectivity index (χ4v) is 2.63. The average Bonchev–Trinajstić information content (AvgIpc) is 2.78. The van der Waals surface area contributed by atoms with Gasteiger partial charge in [-0.3, -0.25) is 0 Å². The van der Waals surface area contributed by atoms with Gasteiger partial charge in [0.15, 0.2) is 5.65 Å². The van der Waals surface area contributed by atoms with Gasteiger partial charge in [0.25, 0.3) is 0 Å². The van der Waals surface area contributed by atoms with Crippen molar-refractivity contribution in [3.63, 3.8) is 0 Å². The van der Waals surface area contributed by atoms with Crippen molar-refractivity contribution < 1.29 is 9.53 Å². The van der Waals surface area contributed by atoms with E-state index in [0.717, 1.165) is 34.6 Å². The van der Waals surface area contributed by atoms with Gasteiger partial charge in [0.05, 0.1) is 21.9 Å². The summed E-state index contributed by atoms with van der Waals surface area (Å²) in [6.07, 6.45) is 4.79. The molecule has 0 aliphatic heterocycles. The molecule has 0 unspecified atom stereocenters. The maximum Gasteiger partial charge on any atom is 0.339 e. The highest BCUT2D eigenvalue weighted by atomic mass is 32.1. The lowest BCUT2D eigenvalue weighted by Crippen LogP contribution is -2.04. The van der Waals surface area contributed by atoms with Crippen LogP contribution in [0.5, 0.6) is 0 Å². The number of hydrogen-bond acceptors (Lipinski definition) is 5. The number of carbonyl (C=O) groups is 1. The Hall–Kier alpha value is -1.49. The van der Waals surface area contributed by atoms with Crippen LogP contribution >= 0.6 is 11.3 Å². The molecule has 0 amide bonds. The molecule has 0 saturated heterocycles. The number of pyridine rings is 1. The van der Waals surface area contributed by atoms with Crippen LogP contribution in [0, 0.1) is 0 Å². The van der Waals surface area contributed by atoms with Crippen LogP contribution in [0.3, 0.4) is 0 Å². The van der Waals surface area contributed by atoms with Crippen molar-refractivity contribution in [2.75, 3.05) is 6.61 Å². The Kier molecular flexibility index (Phi) is 4.25. The molecule has 0 saturated carbocycles. The van der Waals surface area contributed by atoms with Gasteiger partial charge in [-0.05, 0) is 25.8 Å². The summed E-state index contributed by atoms with van der Waals surface area (Å²) in [6, 6.07) is 1.81. The first-order valence-electron chi connectivity index (χ1n) is 6.17. The molecule has 2 rings (SSSR count). The standard InChI is InChI=1S/C13H16N2O2S/c1-3-5-6-11-15-12-10(18-11)7-9(8-14-12)13(16)17-4-2/h7-8H,3-6H2,1-2H3. The SMILES string of the molecule is CCCCc1nc2ncc(C(=O)OCC)cc2s1. The van der Waals surface area contributed by atoms with Crippen LogP contribution in [0.4, 0.5) is 0 Å². The summed E-state index contributed by atoms with van der Waals surface area (Å²) in [7, 11) is 0. The largest absolute Gasteiger partial charge is 0.462 e. The Morgan fingerprint density at radius 1 is 1.44 bits per heavy atom. The number of ether oxygens (including phenoxy) is 1. The summed E-state index contributed by atoms with van der Waals surface area (Å²) in [5, 5.41) is 1.08. The zero-order valence-corrected chi connectivity index (χ0v) is 11.4. The summed E-state index contributed by atoms with van der Waals surface area (Å²) in [5.41, 5.74) is 1.22. The molecule has 96 valence electrons. The van der Waals surface area contributed by atoms with E-state index in [1.165, 1.54) is 6.20 Å². The van der Waals surface area contributed by atoms with Gasteiger partial charge in [0, 0.05) is 6.20 Å². The Morgan fingerprint density at radius 2 is 2.28 bits per heavy atom. The molecule has 2 aromatic rings. The number of aryl methyl sites for hydroxylation is 1. The van der Waals surface area contributed by atoms with E-state index in [1.54, 1.807) is 18.3 Å². The minimum atomic E-state index is -0.324. The van der Waals surface area contributed by atoms with Gasteiger partial charge in [-0.15, -0.1) is 11.3 Å². The number of esters is 1. The highest BCUT2D eigenvalue weighted by Crippen LogP contribution is 2.23. The molecule has 0 spiro atoms. The maximum absolute atomic E-state index is 11.6. The van der Waals surface area contributed by atoms with Crippen LogP contribution in [-0.4, -0.2) is 22.5 Å². The fourth-order valence-electron chi connectivity index (χ4n) is 1.63. The number of carbonyl (C=O) groups excluding carboxylic acids is 1. The predicted octanol–water partition coefficient (Wildman–Crippen LogP) is 3.21. The van der Waals surface area contributed by atoms with Gasteiger partial charge in [-0.2, -0.15) is 0 Å². The van der Waals surface area contributed by atoms with Gasteiger partial charge in [0.1, 0.15) is 0 Å². The third-order valence-electron chi connectivity index (χ3n) is 2.55. The lowest BCUT2D eigenvalue weighted by Gasteiger charge is -1.99. The van der Waals surface area contributed by atoms with Gasteiger partial charge in [0.2, 0.25) is 0 Å². The number of unbranched alkanes of at least 4 members (excludes halogenated alkanes) is 1. The zero-order chi connectivity index (χ0) is 13.0. The van der Waals surface area contributed by atoms with Gasteiger partial charge in [-0.1, -0.05) is 13.3 Å². The molecule has 0 bridgehead atoms. The van der Waals surface area contributed by atoms with E-state index in [-0.39, 0.29) is 5.97 Å². The molecule has 2 aromatic heterocycles. The Morgan fingerprint density at radius 3 is 3.00 bits per heavy atom. The van der Waals surface area contributed by atoms with Crippen molar-refractivity contribution >= 4 is 27.7 Å². The monoisotopic (exact) mass is 264 g/mol. The van der Waals surface area contributed by atoms with Crippen molar-refractivity contribution in [3.05, 3.63) is 22.8 Å². The first-order valence-corrected chi connectivity index (χ1v) is 6.98. The van der Waals surface area contributed by atoms with Gasteiger partial charge < -0.3 is 4.74 Å². The molecular formula is C13H16N2O2S. The number of fused-ring (bicyclic) bond motifs is 1. The smallest absolute Gasteiger partial charge is 0.339 e. The second-order valence-corrected chi connectivity index (χ2v) is 5.09. The van der Waals surface area contributed by atoms with Gasteiger partial charge in [-0.25, -0.2) is 14.8 Å². The number of aromatic nitrogens is 2. The second-order valence-electron chi connectivity index (χ2n) is 3.98.